The highest BCUT2D eigenvalue weighted by Crippen LogP contribution is 2.13. The van der Waals surface area contributed by atoms with Gasteiger partial charge in [-0.3, -0.25) is 4.98 Å². The molecule has 0 aromatic carbocycles. The molecule has 2 aromatic rings. The molecule has 3 heteroatoms. The van der Waals surface area contributed by atoms with Crippen molar-refractivity contribution in [2.45, 2.75) is 0 Å². The molecule has 0 unspecified atom stereocenters. The summed E-state index contributed by atoms with van der Waals surface area (Å²) in [6.07, 6.45) is 4.25. The van der Waals surface area contributed by atoms with Crippen LogP contribution in [0.5, 0.6) is 0 Å². The first-order valence-corrected chi connectivity index (χ1v) is 3.41. The van der Waals surface area contributed by atoms with Gasteiger partial charge in [-0.2, -0.15) is 0 Å². The maximum Gasteiger partial charge on any atom is 0.142 e. The second-order valence-electron chi connectivity index (χ2n) is 1.61. The van der Waals surface area contributed by atoms with E-state index in [-0.39, 0.29) is 0 Å². The summed E-state index contributed by atoms with van der Waals surface area (Å²) in [5.41, 5.74) is 0.957. The van der Waals surface area contributed by atoms with Crippen molar-refractivity contribution in [2.75, 3.05) is 0 Å². The van der Waals surface area contributed by atoms with Gasteiger partial charge in [0.15, 0.2) is 0 Å². The van der Waals surface area contributed by atoms with Gasteiger partial charge in [0.2, 0.25) is 0 Å². The van der Waals surface area contributed by atoms with Crippen LogP contribution in [0, 0.1) is 6.20 Å². The summed E-state index contributed by atoms with van der Waals surface area (Å²) in [4.78, 5) is 8.96. The Labute approximate surface area is 56.2 Å². The Morgan fingerprint density at radius 1 is 1.56 bits per heavy atom. The fourth-order valence-electron chi connectivity index (χ4n) is 0.662. The van der Waals surface area contributed by atoms with Crippen molar-refractivity contribution in [3.63, 3.8) is 0 Å². The van der Waals surface area contributed by atoms with Crippen LogP contribution in [0.4, 0.5) is 0 Å². The third-order valence-corrected chi connectivity index (χ3v) is 1.85. The van der Waals surface area contributed by atoms with Crippen molar-refractivity contribution in [1.82, 2.24) is 9.97 Å². The molecule has 0 atom stereocenters. The van der Waals surface area contributed by atoms with Gasteiger partial charge >= 0.3 is 0 Å². The van der Waals surface area contributed by atoms with Crippen molar-refractivity contribution >= 4 is 21.7 Å². The van der Waals surface area contributed by atoms with Crippen molar-refractivity contribution in [3.05, 3.63) is 23.8 Å². The Kier molecular flexibility index (Phi) is 0.960. The molecule has 0 N–H and O–H groups in total. The Morgan fingerprint density at radius 2 is 2.56 bits per heavy atom. The number of hydrogen-bond acceptors (Lipinski definition) is 3. The van der Waals surface area contributed by atoms with Crippen molar-refractivity contribution in [1.29, 1.82) is 0 Å². The van der Waals surface area contributed by atoms with Crippen LogP contribution >= 0.6 is 11.3 Å². The quantitative estimate of drug-likeness (QED) is 0.547. The molecule has 0 fully saturated rings. The lowest BCUT2D eigenvalue weighted by Crippen LogP contribution is -1.73. The van der Waals surface area contributed by atoms with Crippen molar-refractivity contribution in [2.24, 2.45) is 0 Å². The molecule has 1 radical (unpaired) electrons. The molecule has 0 aliphatic rings. The molecular formula is C6H3N2S. The molecule has 9 heavy (non-hydrogen) atoms. The molecule has 0 aliphatic carbocycles. The van der Waals surface area contributed by atoms with E-state index in [2.05, 4.69) is 16.2 Å². The molecule has 43 valence electrons. The zero-order chi connectivity index (χ0) is 6.10. The average molecular weight is 135 g/mol. The Hall–Kier alpha value is -0.960. The zero-order valence-electron chi connectivity index (χ0n) is 4.53. The second-order valence-corrected chi connectivity index (χ2v) is 2.50. The van der Waals surface area contributed by atoms with Gasteiger partial charge in [0.05, 0.1) is 11.7 Å². The second kappa shape index (κ2) is 1.77. The van der Waals surface area contributed by atoms with Crippen LogP contribution in [0.2, 0.25) is 0 Å². The van der Waals surface area contributed by atoms with Gasteiger partial charge in [-0.25, -0.2) is 4.98 Å². The van der Waals surface area contributed by atoms with E-state index in [9.17, 15) is 0 Å². The summed E-state index contributed by atoms with van der Waals surface area (Å²) in [5.74, 6) is 0. The van der Waals surface area contributed by atoms with E-state index < -0.39 is 0 Å². The normalized spacial score (nSPS) is 10.2. The molecule has 0 bridgehead atoms. The van der Waals surface area contributed by atoms with E-state index in [1.807, 2.05) is 11.4 Å². The Balaban J connectivity index is 2.95. The molecule has 0 amide bonds. The third kappa shape index (κ3) is 0.695. The van der Waals surface area contributed by atoms with E-state index in [1.54, 1.807) is 17.5 Å². The van der Waals surface area contributed by atoms with E-state index in [4.69, 9.17) is 0 Å². The first-order chi connectivity index (χ1) is 4.47. The van der Waals surface area contributed by atoms with E-state index in [0.717, 1.165) is 10.3 Å². The molecule has 2 aromatic heterocycles. The minimum atomic E-state index is 0.956. The predicted octanol–water partition coefficient (Wildman–Crippen LogP) is 1.49. The summed E-state index contributed by atoms with van der Waals surface area (Å²) < 4.78 is 0. The smallest absolute Gasteiger partial charge is 0.142 e. The van der Waals surface area contributed by atoms with Crippen molar-refractivity contribution in [3.8, 4) is 0 Å². The van der Waals surface area contributed by atoms with Crippen LogP contribution in [0.25, 0.3) is 10.3 Å². The van der Waals surface area contributed by atoms with Gasteiger partial charge in [0.25, 0.3) is 0 Å². The van der Waals surface area contributed by atoms with Gasteiger partial charge in [-0.05, 0) is 11.4 Å². The lowest BCUT2D eigenvalue weighted by molar-refractivity contribution is 1.30. The fourth-order valence-corrected chi connectivity index (χ4v) is 1.34. The SMILES string of the molecule is [c]1cnc2ccsc2n1. The lowest BCUT2D eigenvalue weighted by Gasteiger charge is -1.80. The third-order valence-electron chi connectivity index (χ3n) is 1.05. The molecule has 0 saturated heterocycles. The minimum absolute atomic E-state index is 0.956. The maximum absolute atomic E-state index is 4.03. The molecule has 0 spiro atoms. The molecule has 2 nitrogen and oxygen atoms in total. The van der Waals surface area contributed by atoms with Crippen LogP contribution in [0.1, 0.15) is 0 Å². The van der Waals surface area contributed by atoms with Crippen LogP contribution in [0.15, 0.2) is 17.6 Å². The monoisotopic (exact) mass is 135 g/mol. The number of hydrogen-bond donors (Lipinski definition) is 0. The first kappa shape index (κ1) is 4.88. The van der Waals surface area contributed by atoms with Crippen LogP contribution in [0.3, 0.4) is 0 Å². The highest BCUT2D eigenvalue weighted by molar-refractivity contribution is 7.16. The van der Waals surface area contributed by atoms with Crippen LogP contribution in [-0.2, 0) is 0 Å². The van der Waals surface area contributed by atoms with Gasteiger partial charge in [-0.1, -0.05) is 0 Å². The summed E-state index contributed by atoms with van der Waals surface area (Å²) >= 11 is 1.58. The maximum atomic E-state index is 4.03. The summed E-state index contributed by atoms with van der Waals surface area (Å²) in [7, 11) is 0. The van der Waals surface area contributed by atoms with Crippen molar-refractivity contribution < 1.29 is 0 Å². The highest BCUT2D eigenvalue weighted by atomic mass is 32.1. The molecular weight excluding hydrogens is 132 g/mol. The molecule has 2 heterocycles. The molecule has 0 saturated carbocycles. The highest BCUT2D eigenvalue weighted by Gasteiger charge is 1.91. The van der Waals surface area contributed by atoms with Gasteiger partial charge in [0.1, 0.15) is 11.0 Å². The first-order valence-electron chi connectivity index (χ1n) is 2.53. The Morgan fingerprint density at radius 3 is 3.44 bits per heavy atom. The summed E-state index contributed by atoms with van der Waals surface area (Å²) in [5, 5.41) is 1.97. The van der Waals surface area contributed by atoms with E-state index >= 15 is 0 Å². The fraction of sp³-hybridized carbons (Fsp3) is 0. The van der Waals surface area contributed by atoms with Gasteiger partial charge in [0, 0.05) is 0 Å². The van der Waals surface area contributed by atoms with Gasteiger partial charge < -0.3 is 0 Å². The predicted molar refractivity (Wildman–Crippen MR) is 36.3 cm³/mol. The number of nitrogens with zero attached hydrogens (tertiary/aromatic N) is 2. The number of thiophene rings is 1. The summed E-state index contributed by atoms with van der Waals surface area (Å²) in [6.45, 7) is 0. The van der Waals surface area contributed by atoms with Crippen LogP contribution in [-0.4, -0.2) is 9.97 Å². The van der Waals surface area contributed by atoms with E-state index in [0.29, 0.717) is 0 Å². The van der Waals surface area contributed by atoms with E-state index in [1.165, 1.54) is 0 Å². The van der Waals surface area contributed by atoms with Gasteiger partial charge in [-0.15, -0.1) is 11.3 Å². The molecule has 0 aliphatic heterocycles. The number of rotatable bonds is 0. The number of aromatic nitrogens is 2. The largest absolute Gasteiger partial charge is 0.251 e. The van der Waals surface area contributed by atoms with Crippen LogP contribution < -0.4 is 0 Å². The molecule has 2 rings (SSSR count). The summed E-state index contributed by atoms with van der Waals surface area (Å²) in [6, 6.07) is 1.95. The topological polar surface area (TPSA) is 25.8 Å². The minimum Gasteiger partial charge on any atom is -0.251 e. The standard InChI is InChI=1S/C6H3N2S/c1-4-9-6-5(1)7-2-3-8-6/h1-2,4H. The lowest BCUT2D eigenvalue weighted by atomic mass is 10.5. The average Bonchev–Trinajstić information content (AvgIpc) is 2.33. The Bertz CT molecular complexity index is 285. The zero-order valence-corrected chi connectivity index (χ0v) is 5.35. The number of fused-ring (bicyclic) bond motifs is 1.